The molecular weight excluding hydrogens is 400 g/mol. The van der Waals surface area contributed by atoms with Crippen LogP contribution in [0, 0.1) is 0 Å². The first-order chi connectivity index (χ1) is 13.7. The van der Waals surface area contributed by atoms with Crippen LogP contribution in [0.4, 0.5) is 0 Å². The summed E-state index contributed by atoms with van der Waals surface area (Å²) in [7, 11) is -4.05. The van der Waals surface area contributed by atoms with Gasteiger partial charge in [-0.25, -0.2) is 0 Å². The Balaban J connectivity index is 1.96. The van der Waals surface area contributed by atoms with E-state index in [2.05, 4.69) is 0 Å². The summed E-state index contributed by atoms with van der Waals surface area (Å²) >= 11 is 0. The van der Waals surface area contributed by atoms with Gasteiger partial charge in [-0.1, -0.05) is 6.07 Å². The van der Waals surface area contributed by atoms with E-state index in [1.54, 1.807) is 12.1 Å². The number of hydrogen-bond acceptors (Lipinski definition) is 7. The number of hydrogen-bond donors (Lipinski definition) is 3. The molecule has 158 valence electrons. The first-order valence-corrected chi connectivity index (χ1v) is 10.7. The van der Waals surface area contributed by atoms with E-state index in [1.165, 1.54) is 24.3 Å². The predicted octanol–water partition coefficient (Wildman–Crippen LogP) is 2.97. The number of rotatable bonds is 11. The standard InChI is InChI=1S/C20H24O8S/c1-2-27-20-9-5-14(12-19(20)23)4-7-17(21)16-13-15(6-8-18(16)22)28-10-3-11-29(24,25)26/h5-6,8-9,12-13,22-23H,2-4,7,10-11H2,1H3,(H,24,25,26). The summed E-state index contributed by atoms with van der Waals surface area (Å²) in [4.78, 5) is 12.5. The maximum absolute atomic E-state index is 12.5. The van der Waals surface area contributed by atoms with Crippen LogP contribution in [0.2, 0.25) is 0 Å². The Hall–Kier alpha value is -2.78. The summed E-state index contributed by atoms with van der Waals surface area (Å²) < 4.78 is 40.7. The highest BCUT2D eigenvalue weighted by Crippen LogP contribution is 2.28. The normalized spacial score (nSPS) is 11.2. The molecule has 3 N–H and O–H groups in total. The fraction of sp³-hybridized carbons (Fsp3) is 0.350. The number of phenolic OH excluding ortho intramolecular Hbond substituents is 2. The maximum Gasteiger partial charge on any atom is 0.264 e. The van der Waals surface area contributed by atoms with Crippen LogP contribution < -0.4 is 9.47 Å². The number of Topliss-reactive ketones (excluding diaryl/α,β-unsaturated/α-hetero) is 1. The molecule has 0 aliphatic rings. The minimum Gasteiger partial charge on any atom is -0.507 e. The summed E-state index contributed by atoms with van der Waals surface area (Å²) in [6, 6.07) is 9.11. The van der Waals surface area contributed by atoms with Crippen LogP contribution in [-0.4, -0.2) is 47.9 Å². The molecule has 2 aromatic carbocycles. The molecule has 0 saturated heterocycles. The smallest absolute Gasteiger partial charge is 0.264 e. The van der Waals surface area contributed by atoms with Gasteiger partial charge in [-0.15, -0.1) is 0 Å². The van der Waals surface area contributed by atoms with Gasteiger partial charge in [0.2, 0.25) is 0 Å². The lowest BCUT2D eigenvalue weighted by molar-refractivity contribution is 0.0979. The molecule has 0 aliphatic heterocycles. The Kier molecular flexibility index (Phi) is 7.86. The van der Waals surface area contributed by atoms with Gasteiger partial charge in [-0.3, -0.25) is 9.35 Å². The molecule has 0 bridgehead atoms. The molecule has 29 heavy (non-hydrogen) atoms. The number of aromatic hydroxyl groups is 2. The number of phenols is 2. The average molecular weight is 424 g/mol. The van der Waals surface area contributed by atoms with E-state index < -0.39 is 15.9 Å². The van der Waals surface area contributed by atoms with Gasteiger partial charge >= 0.3 is 0 Å². The number of ketones is 1. The van der Waals surface area contributed by atoms with Crippen molar-refractivity contribution in [2.24, 2.45) is 0 Å². The van der Waals surface area contributed by atoms with Crippen molar-refractivity contribution in [3.8, 4) is 23.0 Å². The molecule has 0 fully saturated rings. The molecule has 0 aromatic heterocycles. The summed E-state index contributed by atoms with van der Waals surface area (Å²) in [6.07, 6.45) is 0.551. The van der Waals surface area contributed by atoms with Crippen molar-refractivity contribution in [3.63, 3.8) is 0 Å². The number of benzene rings is 2. The highest BCUT2D eigenvalue weighted by Gasteiger charge is 2.14. The minimum atomic E-state index is -4.05. The maximum atomic E-state index is 12.5. The van der Waals surface area contributed by atoms with Crippen molar-refractivity contribution in [1.82, 2.24) is 0 Å². The molecule has 2 aromatic rings. The summed E-state index contributed by atoms with van der Waals surface area (Å²) in [5.74, 6) is -0.237. The van der Waals surface area contributed by atoms with Gasteiger partial charge in [0.15, 0.2) is 17.3 Å². The fourth-order valence-electron chi connectivity index (χ4n) is 2.65. The van der Waals surface area contributed by atoms with Crippen LogP contribution in [0.25, 0.3) is 0 Å². The average Bonchev–Trinajstić information content (AvgIpc) is 2.66. The molecule has 2 rings (SSSR count). The zero-order valence-corrected chi connectivity index (χ0v) is 16.8. The molecule has 0 heterocycles. The molecule has 0 aliphatic carbocycles. The van der Waals surface area contributed by atoms with Crippen molar-refractivity contribution in [2.45, 2.75) is 26.2 Å². The van der Waals surface area contributed by atoms with Gasteiger partial charge in [0.25, 0.3) is 10.1 Å². The van der Waals surface area contributed by atoms with Crippen LogP contribution >= 0.6 is 0 Å². The zero-order chi connectivity index (χ0) is 21.4. The van der Waals surface area contributed by atoms with Crippen molar-refractivity contribution >= 4 is 15.9 Å². The first-order valence-electron chi connectivity index (χ1n) is 9.08. The second-order valence-electron chi connectivity index (χ2n) is 6.33. The van der Waals surface area contributed by atoms with E-state index in [9.17, 15) is 23.4 Å². The molecule has 8 nitrogen and oxygen atoms in total. The molecule has 0 spiro atoms. The van der Waals surface area contributed by atoms with Crippen LogP contribution in [-0.2, 0) is 16.5 Å². The Morgan fingerprint density at radius 1 is 1.03 bits per heavy atom. The van der Waals surface area contributed by atoms with Crippen LogP contribution in [0.5, 0.6) is 23.0 Å². The zero-order valence-electron chi connectivity index (χ0n) is 16.0. The lowest BCUT2D eigenvalue weighted by atomic mass is 10.0. The van der Waals surface area contributed by atoms with Crippen molar-refractivity contribution in [1.29, 1.82) is 0 Å². The van der Waals surface area contributed by atoms with E-state index >= 15 is 0 Å². The van der Waals surface area contributed by atoms with Gasteiger partial charge in [-0.05, 0) is 55.7 Å². The Labute approximate surface area is 169 Å². The number of carbonyl (C=O) groups is 1. The highest BCUT2D eigenvalue weighted by atomic mass is 32.2. The molecule has 0 amide bonds. The van der Waals surface area contributed by atoms with Crippen LogP contribution in [0.3, 0.4) is 0 Å². The Morgan fingerprint density at radius 2 is 1.79 bits per heavy atom. The van der Waals surface area contributed by atoms with Gasteiger partial charge < -0.3 is 19.7 Å². The second kappa shape index (κ2) is 10.1. The summed E-state index contributed by atoms with van der Waals surface area (Å²) in [6.45, 7) is 2.27. The topological polar surface area (TPSA) is 130 Å². The van der Waals surface area contributed by atoms with E-state index in [0.29, 0.717) is 24.5 Å². The number of carbonyl (C=O) groups excluding carboxylic acids is 1. The molecule has 9 heteroatoms. The quantitative estimate of drug-likeness (QED) is 0.285. The van der Waals surface area contributed by atoms with Gasteiger partial charge in [0.05, 0.1) is 24.5 Å². The van der Waals surface area contributed by atoms with Crippen LogP contribution in [0.1, 0.15) is 35.7 Å². The fourth-order valence-corrected chi connectivity index (χ4v) is 3.13. The summed E-state index contributed by atoms with van der Waals surface area (Å²) in [5.41, 5.74) is 0.837. The molecule has 0 atom stereocenters. The third kappa shape index (κ3) is 7.28. The lowest BCUT2D eigenvalue weighted by Gasteiger charge is -2.10. The lowest BCUT2D eigenvalue weighted by Crippen LogP contribution is -2.09. The van der Waals surface area contributed by atoms with Crippen molar-refractivity contribution < 1.29 is 37.5 Å². The SMILES string of the molecule is CCOc1ccc(CCC(=O)c2cc(OCCCS(=O)(=O)O)ccc2O)cc1O. The predicted molar refractivity (Wildman–Crippen MR) is 107 cm³/mol. The van der Waals surface area contributed by atoms with Crippen molar-refractivity contribution in [2.75, 3.05) is 19.0 Å². The van der Waals surface area contributed by atoms with E-state index in [4.69, 9.17) is 14.0 Å². The Bertz CT molecular complexity index is 953. The number of aryl methyl sites for hydroxylation is 1. The third-order valence-corrected chi connectivity index (χ3v) is 4.85. The monoisotopic (exact) mass is 424 g/mol. The first kappa shape index (κ1) is 22.5. The van der Waals surface area contributed by atoms with Gasteiger partial charge in [0, 0.05) is 6.42 Å². The van der Waals surface area contributed by atoms with E-state index in [0.717, 1.165) is 5.56 Å². The van der Waals surface area contributed by atoms with Crippen LogP contribution in [0.15, 0.2) is 36.4 Å². The Morgan fingerprint density at radius 3 is 2.45 bits per heavy atom. The third-order valence-electron chi connectivity index (χ3n) is 4.05. The molecule has 0 saturated carbocycles. The van der Waals surface area contributed by atoms with Crippen molar-refractivity contribution in [3.05, 3.63) is 47.5 Å². The van der Waals surface area contributed by atoms with Gasteiger partial charge in [0.1, 0.15) is 11.5 Å². The molecule has 0 radical (unpaired) electrons. The molecule has 0 unspecified atom stereocenters. The highest BCUT2D eigenvalue weighted by molar-refractivity contribution is 7.85. The largest absolute Gasteiger partial charge is 0.507 e. The van der Waals surface area contributed by atoms with E-state index in [-0.39, 0.29) is 42.3 Å². The number of ether oxygens (including phenoxy) is 2. The summed E-state index contributed by atoms with van der Waals surface area (Å²) in [5, 5.41) is 19.9. The van der Waals surface area contributed by atoms with Gasteiger partial charge in [-0.2, -0.15) is 8.42 Å². The molecular formula is C20H24O8S. The second-order valence-corrected chi connectivity index (χ2v) is 7.90. The minimum absolute atomic E-state index is 0.0000582. The van der Waals surface area contributed by atoms with E-state index in [1.807, 2.05) is 6.92 Å².